The second-order valence-electron chi connectivity index (χ2n) is 2.95. The van der Waals surface area contributed by atoms with Crippen molar-refractivity contribution in [1.29, 1.82) is 5.26 Å². The Balaban J connectivity index is 2.18. The number of hydrogen-bond donors (Lipinski definition) is 0. The van der Waals surface area contributed by atoms with Crippen molar-refractivity contribution < 1.29 is 4.74 Å². The Labute approximate surface area is 82.0 Å². The first-order valence-corrected chi connectivity index (χ1v) is 4.46. The number of rotatable bonds is 1. The smallest absolute Gasteiger partial charge is 0.234 e. The molecule has 0 N–H and O–H groups in total. The minimum atomic E-state index is 0.217. The summed E-state index contributed by atoms with van der Waals surface area (Å²) in [5.41, 5.74) is 0. The highest BCUT2D eigenvalue weighted by Gasteiger charge is 2.12. The summed E-state index contributed by atoms with van der Waals surface area (Å²) in [4.78, 5) is 10.0. The second-order valence-corrected chi connectivity index (χ2v) is 2.95. The number of anilines is 1. The molecule has 1 aliphatic rings. The molecule has 0 radical (unpaired) electrons. The van der Waals surface area contributed by atoms with Gasteiger partial charge in [0.1, 0.15) is 11.9 Å². The van der Waals surface area contributed by atoms with Gasteiger partial charge in [-0.3, -0.25) is 0 Å². The van der Waals surface area contributed by atoms with E-state index in [1.165, 1.54) is 0 Å². The maximum atomic E-state index is 8.64. The molecule has 5 heteroatoms. The molecule has 0 bridgehead atoms. The van der Waals surface area contributed by atoms with E-state index >= 15 is 0 Å². The van der Waals surface area contributed by atoms with Crippen molar-refractivity contribution in [3.8, 4) is 6.07 Å². The summed E-state index contributed by atoms with van der Waals surface area (Å²) in [6.07, 6.45) is 1.61. The molecule has 0 spiro atoms. The van der Waals surface area contributed by atoms with Gasteiger partial charge in [0.05, 0.1) is 13.2 Å². The van der Waals surface area contributed by atoms with E-state index in [4.69, 9.17) is 10.00 Å². The van der Waals surface area contributed by atoms with Crippen LogP contribution in [0.3, 0.4) is 0 Å². The van der Waals surface area contributed by atoms with Gasteiger partial charge in [0.15, 0.2) is 0 Å². The van der Waals surface area contributed by atoms with E-state index in [1.54, 1.807) is 6.20 Å². The fraction of sp³-hybridized carbons (Fsp3) is 0.444. The number of aromatic nitrogens is 2. The summed E-state index contributed by atoms with van der Waals surface area (Å²) in [6.45, 7) is 3.07. The fourth-order valence-corrected chi connectivity index (χ4v) is 1.37. The van der Waals surface area contributed by atoms with Crippen LogP contribution in [-0.4, -0.2) is 36.3 Å². The lowest BCUT2D eigenvalue weighted by molar-refractivity contribution is 0.122. The maximum Gasteiger partial charge on any atom is 0.234 e. The molecular formula is C9H10N4O. The van der Waals surface area contributed by atoms with Crippen molar-refractivity contribution in [2.45, 2.75) is 0 Å². The summed E-state index contributed by atoms with van der Waals surface area (Å²) < 4.78 is 5.23. The predicted molar refractivity (Wildman–Crippen MR) is 49.8 cm³/mol. The standard InChI is InChI=1S/C9H10N4O/c10-7-8-11-2-1-9(12-8)13-3-5-14-6-4-13/h1-2H,3-6H2. The molecule has 5 nitrogen and oxygen atoms in total. The van der Waals surface area contributed by atoms with Crippen LogP contribution in [0.4, 0.5) is 5.82 Å². The first-order chi connectivity index (χ1) is 6.90. The van der Waals surface area contributed by atoms with Crippen LogP contribution in [0.15, 0.2) is 12.3 Å². The van der Waals surface area contributed by atoms with E-state index in [9.17, 15) is 0 Å². The fourth-order valence-electron chi connectivity index (χ4n) is 1.37. The molecule has 0 atom stereocenters. The zero-order valence-corrected chi connectivity index (χ0v) is 7.68. The van der Waals surface area contributed by atoms with E-state index in [0.717, 1.165) is 18.9 Å². The Kier molecular flexibility index (Phi) is 2.56. The first kappa shape index (κ1) is 8.91. The third kappa shape index (κ3) is 1.80. The topological polar surface area (TPSA) is 62.0 Å². The Hall–Kier alpha value is -1.67. The van der Waals surface area contributed by atoms with Gasteiger partial charge in [-0.1, -0.05) is 0 Å². The van der Waals surface area contributed by atoms with Gasteiger partial charge >= 0.3 is 0 Å². The minimum Gasteiger partial charge on any atom is -0.378 e. The van der Waals surface area contributed by atoms with Gasteiger partial charge in [-0.15, -0.1) is 0 Å². The molecule has 72 valence electrons. The van der Waals surface area contributed by atoms with E-state index in [-0.39, 0.29) is 5.82 Å². The number of nitrogens with zero attached hydrogens (tertiary/aromatic N) is 4. The van der Waals surface area contributed by atoms with Crippen molar-refractivity contribution in [1.82, 2.24) is 9.97 Å². The van der Waals surface area contributed by atoms with Gasteiger partial charge in [-0.25, -0.2) is 9.97 Å². The van der Waals surface area contributed by atoms with E-state index < -0.39 is 0 Å². The molecule has 1 aromatic heterocycles. The van der Waals surface area contributed by atoms with Crippen LogP contribution >= 0.6 is 0 Å². The van der Waals surface area contributed by atoms with Crippen molar-refractivity contribution in [3.05, 3.63) is 18.1 Å². The summed E-state index contributed by atoms with van der Waals surface area (Å²) in [6, 6.07) is 3.74. The number of ether oxygens (including phenoxy) is 1. The van der Waals surface area contributed by atoms with Crippen molar-refractivity contribution >= 4 is 5.82 Å². The minimum absolute atomic E-state index is 0.217. The Bertz CT molecular complexity index is 354. The molecule has 1 fully saturated rings. The molecule has 2 rings (SSSR count). The maximum absolute atomic E-state index is 8.64. The van der Waals surface area contributed by atoms with Crippen LogP contribution in [0.2, 0.25) is 0 Å². The van der Waals surface area contributed by atoms with E-state index in [0.29, 0.717) is 13.2 Å². The summed E-state index contributed by atoms with van der Waals surface area (Å²) >= 11 is 0. The number of hydrogen-bond acceptors (Lipinski definition) is 5. The summed E-state index contributed by atoms with van der Waals surface area (Å²) in [7, 11) is 0. The SMILES string of the molecule is N#Cc1nccc(N2CCOCC2)n1. The average molecular weight is 190 g/mol. The molecule has 0 saturated carbocycles. The highest BCUT2D eigenvalue weighted by molar-refractivity contribution is 5.39. The van der Waals surface area contributed by atoms with Crippen molar-refractivity contribution in [2.75, 3.05) is 31.2 Å². The highest BCUT2D eigenvalue weighted by Crippen LogP contribution is 2.11. The van der Waals surface area contributed by atoms with Gasteiger partial charge in [0.25, 0.3) is 0 Å². The normalized spacial score (nSPS) is 16.4. The summed E-state index contributed by atoms with van der Waals surface area (Å²) in [5, 5.41) is 8.64. The van der Waals surface area contributed by atoms with Crippen LogP contribution in [-0.2, 0) is 4.74 Å². The molecule has 1 saturated heterocycles. The Morgan fingerprint density at radius 1 is 1.43 bits per heavy atom. The lowest BCUT2D eigenvalue weighted by atomic mass is 10.4. The molecule has 0 unspecified atom stereocenters. The third-order valence-corrected chi connectivity index (χ3v) is 2.08. The van der Waals surface area contributed by atoms with E-state index in [2.05, 4.69) is 14.9 Å². The van der Waals surface area contributed by atoms with Crippen LogP contribution < -0.4 is 4.90 Å². The van der Waals surface area contributed by atoms with Gasteiger partial charge in [0, 0.05) is 19.3 Å². The van der Waals surface area contributed by atoms with Gasteiger partial charge < -0.3 is 9.64 Å². The Morgan fingerprint density at radius 2 is 2.21 bits per heavy atom. The average Bonchev–Trinajstić information content (AvgIpc) is 2.30. The number of morpholine rings is 1. The molecule has 0 aromatic carbocycles. The van der Waals surface area contributed by atoms with Crippen molar-refractivity contribution in [2.24, 2.45) is 0 Å². The van der Waals surface area contributed by atoms with Gasteiger partial charge in [0.2, 0.25) is 5.82 Å². The molecule has 1 aromatic rings. The zero-order chi connectivity index (χ0) is 9.80. The molecule has 0 aliphatic carbocycles. The quantitative estimate of drug-likeness (QED) is 0.632. The molecule has 2 heterocycles. The van der Waals surface area contributed by atoms with Crippen molar-refractivity contribution in [3.63, 3.8) is 0 Å². The van der Waals surface area contributed by atoms with Crippen LogP contribution in [0.1, 0.15) is 5.82 Å². The largest absolute Gasteiger partial charge is 0.378 e. The molecule has 0 amide bonds. The molecule has 1 aliphatic heterocycles. The predicted octanol–water partition coefficient (Wildman–Crippen LogP) is 0.185. The van der Waals surface area contributed by atoms with Crippen LogP contribution in [0.5, 0.6) is 0 Å². The molecule has 14 heavy (non-hydrogen) atoms. The zero-order valence-electron chi connectivity index (χ0n) is 7.68. The van der Waals surface area contributed by atoms with Crippen LogP contribution in [0.25, 0.3) is 0 Å². The Morgan fingerprint density at radius 3 is 2.93 bits per heavy atom. The van der Waals surface area contributed by atoms with Gasteiger partial charge in [-0.05, 0) is 6.07 Å². The highest BCUT2D eigenvalue weighted by atomic mass is 16.5. The lowest BCUT2D eigenvalue weighted by Gasteiger charge is -2.27. The third-order valence-electron chi connectivity index (χ3n) is 2.08. The number of nitriles is 1. The van der Waals surface area contributed by atoms with E-state index in [1.807, 2.05) is 12.1 Å². The van der Waals surface area contributed by atoms with Gasteiger partial charge in [-0.2, -0.15) is 5.26 Å². The lowest BCUT2D eigenvalue weighted by Crippen LogP contribution is -2.36. The monoisotopic (exact) mass is 190 g/mol. The molecular weight excluding hydrogens is 180 g/mol. The second kappa shape index (κ2) is 4.03. The first-order valence-electron chi connectivity index (χ1n) is 4.46. The summed E-state index contributed by atoms with van der Waals surface area (Å²) in [5.74, 6) is 1.02. The van der Waals surface area contributed by atoms with Crippen LogP contribution in [0, 0.1) is 11.3 Å².